The molecule has 2 amide bonds. The molecule has 0 aliphatic carbocycles. The minimum absolute atomic E-state index is 0.0410. The Bertz CT molecular complexity index is 366. The van der Waals surface area contributed by atoms with Crippen molar-refractivity contribution in [2.75, 3.05) is 19.6 Å². The lowest BCUT2D eigenvalue weighted by molar-refractivity contribution is -0.125. The van der Waals surface area contributed by atoms with E-state index in [-0.39, 0.29) is 30.8 Å². The zero-order valence-electron chi connectivity index (χ0n) is 9.60. The Hall–Kier alpha value is -1.47. The maximum atomic E-state index is 11.4. The molecule has 0 spiro atoms. The molecular formula is C10H16N4O2S. The molecule has 1 aromatic heterocycles. The molecule has 17 heavy (non-hydrogen) atoms. The first-order valence-corrected chi connectivity index (χ1v) is 6.14. The van der Waals surface area contributed by atoms with Crippen LogP contribution in [0, 0.1) is 0 Å². The van der Waals surface area contributed by atoms with Gasteiger partial charge in [-0.15, -0.1) is 11.3 Å². The van der Waals surface area contributed by atoms with Crippen LogP contribution in [0.2, 0.25) is 0 Å². The number of hydrogen-bond acceptors (Lipinski definition) is 5. The van der Waals surface area contributed by atoms with Crippen LogP contribution in [0.25, 0.3) is 0 Å². The van der Waals surface area contributed by atoms with E-state index in [4.69, 9.17) is 5.73 Å². The normalized spacial score (nSPS) is 11.9. The smallest absolute Gasteiger partial charge is 0.239 e. The predicted octanol–water partition coefficient (Wildman–Crippen LogP) is -0.562. The maximum Gasteiger partial charge on any atom is 0.239 e. The minimum Gasteiger partial charge on any atom is -0.354 e. The van der Waals surface area contributed by atoms with Gasteiger partial charge >= 0.3 is 0 Å². The van der Waals surface area contributed by atoms with Gasteiger partial charge in [0.1, 0.15) is 0 Å². The number of carbonyl (C=O) groups is 2. The Morgan fingerprint density at radius 2 is 2.24 bits per heavy atom. The van der Waals surface area contributed by atoms with Crippen molar-refractivity contribution in [2.24, 2.45) is 5.73 Å². The maximum absolute atomic E-state index is 11.4. The van der Waals surface area contributed by atoms with E-state index in [1.165, 1.54) is 0 Å². The molecule has 0 aliphatic heterocycles. The number of hydrogen-bond donors (Lipinski definition) is 3. The van der Waals surface area contributed by atoms with Gasteiger partial charge in [0.05, 0.1) is 18.1 Å². The zero-order chi connectivity index (χ0) is 12.7. The molecule has 0 aromatic carbocycles. The Labute approximate surface area is 104 Å². The summed E-state index contributed by atoms with van der Waals surface area (Å²) in [6.07, 6.45) is 1.74. The highest BCUT2D eigenvalue weighted by molar-refractivity contribution is 7.09. The molecule has 1 aromatic rings. The number of carbonyl (C=O) groups excluding carboxylic acids is 2. The molecule has 0 aliphatic rings. The second kappa shape index (κ2) is 6.97. The fourth-order valence-corrected chi connectivity index (χ4v) is 1.84. The molecule has 94 valence electrons. The van der Waals surface area contributed by atoms with Crippen molar-refractivity contribution in [1.29, 1.82) is 0 Å². The van der Waals surface area contributed by atoms with Crippen LogP contribution in [0.4, 0.5) is 0 Å². The van der Waals surface area contributed by atoms with Gasteiger partial charge in [-0.1, -0.05) is 6.92 Å². The monoisotopic (exact) mass is 256 g/mol. The summed E-state index contributed by atoms with van der Waals surface area (Å²) in [5, 5.41) is 8.00. The zero-order valence-corrected chi connectivity index (χ0v) is 10.4. The summed E-state index contributed by atoms with van der Waals surface area (Å²) in [4.78, 5) is 26.3. The first kappa shape index (κ1) is 13.6. The Morgan fingerprint density at radius 3 is 2.82 bits per heavy atom. The van der Waals surface area contributed by atoms with Crippen LogP contribution in [0.1, 0.15) is 17.8 Å². The van der Waals surface area contributed by atoms with Gasteiger partial charge in [0, 0.05) is 24.0 Å². The molecule has 6 nitrogen and oxygen atoms in total. The summed E-state index contributed by atoms with van der Waals surface area (Å²) in [5.41, 5.74) is 5.09. The summed E-state index contributed by atoms with van der Waals surface area (Å²) in [5.74, 6) is -0.396. The average molecular weight is 256 g/mol. The van der Waals surface area contributed by atoms with Crippen LogP contribution in [0.3, 0.4) is 0 Å². The third kappa shape index (κ3) is 4.92. The van der Waals surface area contributed by atoms with E-state index in [1.54, 1.807) is 17.5 Å². The van der Waals surface area contributed by atoms with E-state index in [0.29, 0.717) is 6.54 Å². The number of thiazole rings is 1. The second-order valence-electron chi connectivity index (χ2n) is 3.56. The van der Waals surface area contributed by atoms with Gasteiger partial charge in [0.15, 0.2) is 0 Å². The number of nitrogens with two attached hydrogens (primary N) is 1. The number of nitrogens with one attached hydrogen (secondary N) is 2. The van der Waals surface area contributed by atoms with Crippen molar-refractivity contribution in [2.45, 2.75) is 12.8 Å². The van der Waals surface area contributed by atoms with Crippen molar-refractivity contribution in [3.8, 4) is 0 Å². The lowest BCUT2D eigenvalue weighted by atomic mass is 10.2. The lowest BCUT2D eigenvalue weighted by Gasteiger charge is -2.10. The molecule has 1 unspecified atom stereocenters. The van der Waals surface area contributed by atoms with E-state index in [1.807, 2.05) is 12.3 Å². The highest BCUT2D eigenvalue weighted by atomic mass is 32.1. The Balaban J connectivity index is 2.22. The quantitative estimate of drug-likeness (QED) is 0.635. The number of aromatic nitrogens is 1. The SMILES string of the molecule is CC(CNC(=O)CNC(=O)CN)c1nccs1. The van der Waals surface area contributed by atoms with Crippen LogP contribution in [0.5, 0.6) is 0 Å². The fraction of sp³-hybridized carbons (Fsp3) is 0.500. The Morgan fingerprint density at radius 1 is 1.47 bits per heavy atom. The first-order chi connectivity index (χ1) is 8.13. The average Bonchev–Trinajstić information content (AvgIpc) is 2.86. The van der Waals surface area contributed by atoms with Gasteiger partial charge < -0.3 is 16.4 Å². The third-order valence-corrected chi connectivity index (χ3v) is 3.12. The van der Waals surface area contributed by atoms with E-state index < -0.39 is 0 Å². The molecule has 1 rings (SSSR count). The molecule has 7 heteroatoms. The van der Waals surface area contributed by atoms with E-state index >= 15 is 0 Å². The Kier molecular flexibility index (Phi) is 5.58. The van der Waals surface area contributed by atoms with Crippen LogP contribution in [0.15, 0.2) is 11.6 Å². The summed E-state index contributed by atoms with van der Waals surface area (Å²) < 4.78 is 0. The second-order valence-corrected chi connectivity index (χ2v) is 4.48. The van der Waals surface area contributed by atoms with Crippen LogP contribution in [-0.2, 0) is 9.59 Å². The minimum atomic E-state index is -0.340. The predicted molar refractivity (Wildman–Crippen MR) is 65.6 cm³/mol. The number of amides is 2. The highest BCUT2D eigenvalue weighted by Gasteiger charge is 2.10. The fourth-order valence-electron chi connectivity index (χ4n) is 1.15. The van der Waals surface area contributed by atoms with Crippen LogP contribution in [-0.4, -0.2) is 36.4 Å². The molecule has 1 heterocycles. The van der Waals surface area contributed by atoms with Gasteiger partial charge in [0.2, 0.25) is 11.8 Å². The topological polar surface area (TPSA) is 97.1 Å². The summed E-state index contributed by atoms with van der Waals surface area (Å²) in [7, 11) is 0. The van der Waals surface area contributed by atoms with E-state index in [0.717, 1.165) is 5.01 Å². The van der Waals surface area contributed by atoms with Gasteiger partial charge in [-0.2, -0.15) is 0 Å². The third-order valence-electron chi connectivity index (χ3n) is 2.11. The molecule has 0 saturated carbocycles. The van der Waals surface area contributed by atoms with Crippen molar-refractivity contribution in [1.82, 2.24) is 15.6 Å². The van der Waals surface area contributed by atoms with Crippen molar-refractivity contribution < 1.29 is 9.59 Å². The van der Waals surface area contributed by atoms with Crippen molar-refractivity contribution >= 4 is 23.2 Å². The molecule has 1 atom stereocenters. The van der Waals surface area contributed by atoms with Gasteiger partial charge in [-0.05, 0) is 0 Å². The van der Waals surface area contributed by atoms with Crippen LogP contribution >= 0.6 is 11.3 Å². The van der Waals surface area contributed by atoms with E-state index in [2.05, 4.69) is 15.6 Å². The van der Waals surface area contributed by atoms with Crippen molar-refractivity contribution in [3.05, 3.63) is 16.6 Å². The summed E-state index contributed by atoms with van der Waals surface area (Å²) >= 11 is 1.56. The van der Waals surface area contributed by atoms with Gasteiger partial charge in [-0.3, -0.25) is 9.59 Å². The summed E-state index contributed by atoms with van der Waals surface area (Å²) in [6, 6.07) is 0. The summed E-state index contributed by atoms with van der Waals surface area (Å²) in [6.45, 7) is 2.34. The molecule has 0 fully saturated rings. The largest absolute Gasteiger partial charge is 0.354 e. The molecule has 0 radical (unpaired) electrons. The van der Waals surface area contributed by atoms with Crippen LogP contribution < -0.4 is 16.4 Å². The molecular weight excluding hydrogens is 240 g/mol. The van der Waals surface area contributed by atoms with E-state index in [9.17, 15) is 9.59 Å². The molecule has 4 N–H and O–H groups in total. The lowest BCUT2D eigenvalue weighted by Crippen LogP contribution is -2.40. The standard InChI is InChI=1S/C10H16N4O2S/c1-7(10-12-2-3-17-10)5-13-9(16)6-14-8(15)4-11/h2-3,7H,4-6,11H2,1H3,(H,13,16)(H,14,15). The van der Waals surface area contributed by atoms with Gasteiger partial charge in [-0.25, -0.2) is 4.98 Å². The number of rotatable bonds is 6. The van der Waals surface area contributed by atoms with Crippen molar-refractivity contribution in [3.63, 3.8) is 0 Å². The van der Waals surface area contributed by atoms with Gasteiger partial charge in [0.25, 0.3) is 0 Å². The molecule has 0 bridgehead atoms. The highest BCUT2D eigenvalue weighted by Crippen LogP contribution is 2.15. The first-order valence-electron chi connectivity index (χ1n) is 5.26. The molecule has 0 saturated heterocycles. The number of nitrogens with zero attached hydrogens (tertiary/aromatic N) is 1.